The molecule has 0 saturated heterocycles. The van der Waals surface area contributed by atoms with Crippen LogP contribution in [0, 0.1) is 12.3 Å². The van der Waals surface area contributed by atoms with Gasteiger partial charge in [-0.2, -0.15) is 0 Å². The van der Waals surface area contributed by atoms with Crippen molar-refractivity contribution >= 4 is 0 Å². The van der Waals surface area contributed by atoms with Crippen molar-refractivity contribution in [1.82, 2.24) is 5.32 Å². The van der Waals surface area contributed by atoms with E-state index in [0.717, 1.165) is 26.1 Å². The monoisotopic (exact) mass is 235 g/mol. The van der Waals surface area contributed by atoms with Gasteiger partial charge in [0.15, 0.2) is 0 Å². The van der Waals surface area contributed by atoms with Crippen LogP contribution in [0.25, 0.3) is 0 Å². The van der Waals surface area contributed by atoms with E-state index in [1.54, 1.807) is 7.11 Å². The summed E-state index contributed by atoms with van der Waals surface area (Å²) in [5.41, 5.74) is 3.04. The highest BCUT2D eigenvalue weighted by Gasteiger charge is 2.17. The zero-order valence-corrected chi connectivity index (χ0v) is 11.5. The lowest BCUT2D eigenvalue weighted by atomic mass is 9.85. The third-order valence-electron chi connectivity index (χ3n) is 2.85. The van der Waals surface area contributed by atoms with Gasteiger partial charge in [0.2, 0.25) is 0 Å². The first-order valence-corrected chi connectivity index (χ1v) is 6.29. The summed E-state index contributed by atoms with van der Waals surface area (Å²) in [7, 11) is 1.74. The lowest BCUT2D eigenvalue weighted by Crippen LogP contribution is -2.33. The summed E-state index contributed by atoms with van der Waals surface area (Å²) in [4.78, 5) is 0. The van der Waals surface area contributed by atoms with Crippen LogP contribution in [0.3, 0.4) is 0 Å². The first kappa shape index (κ1) is 14.2. The molecule has 0 aliphatic rings. The third kappa shape index (κ3) is 5.85. The van der Waals surface area contributed by atoms with Crippen molar-refractivity contribution in [2.45, 2.75) is 27.2 Å². The summed E-state index contributed by atoms with van der Waals surface area (Å²) in [6, 6.07) is 8.77. The molecule has 0 aliphatic heterocycles. The summed E-state index contributed by atoms with van der Waals surface area (Å²) >= 11 is 0. The molecule has 0 aliphatic carbocycles. The van der Waals surface area contributed by atoms with Gasteiger partial charge in [0.1, 0.15) is 0 Å². The van der Waals surface area contributed by atoms with Gasteiger partial charge in [0.25, 0.3) is 0 Å². The summed E-state index contributed by atoms with van der Waals surface area (Å²) in [5.74, 6) is 0. The lowest BCUT2D eigenvalue weighted by Gasteiger charge is -2.25. The fourth-order valence-electron chi connectivity index (χ4n) is 2.04. The van der Waals surface area contributed by atoms with Gasteiger partial charge in [-0.05, 0) is 24.3 Å². The van der Waals surface area contributed by atoms with Crippen LogP contribution in [0.5, 0.6) is 0 Å². The minimum absolute atomic E-state index is 0.279. The van der Waals surface area contributed by atoms with E-state index in [9.17, 15) is 0 Å². The molecule has 1 N–H and O–H groups in total. The number of benzene rings is 1. The Morgan fingerprint density at radius 3 is 2.71 bits per heavy atom. The van der Waals surface area contributed by atoms with Gasteiger partial charge in [-0.15, -0.1) is 0 Å². The van der Waals surface area contributed by atoms with Crippen LogP contribution in [0.1, 0.15) is 25.0 Å². The minimum Gasteiger partial charge on any atom is -0.383 e. The highest BCUT2D eigenvalue weighted by atomic mass is 16.5. The zero-order chi connectivity index (χ0) is 12.7. The Labute approximate surface area is 105 Å². The summed E-state index contributed by atoms with van der Waals surface area (Å²) < 4.78 is 5.03. The van der Waals surface area contributed by atoms with Crippen molar-refractivity contribution in [1.29, 1.82) is 0 Å². The molecule has 1 aromatic carbocycles. The molecule has 17 heavy (non-hydrogen) atoms. The third-order valence-corrected chi connectivity index (χ3v) is 2.85. The van der Waals surface area contributed by atoms with Gasteiger partial charge in [-0.1, -0.05) is 43.7 Å². The Hall–Kier alpha value is -0.860. The molecule has 0 bridgehead atoms. The average Bonchev–Trinajstić information content (AvgIpc) is 2.24. The SMILES string of the molecule is COCCNCC(C)(C)Cc1cccc(C)c1. The quantitative estimate of drug-likeness (QED) is 0.734. The Kier molecular flexibility index (Phi) is 5.66. The van der Waals surface area contributed by atoms with Crippen molar-refractivity contribution < 1.29 is 4.74 Å². The molecule has 0 saturated carbocycles. The smallest absolute Gasteiger partial charge is 0.0587 e. The summed E-state index contributed by atoms with van der Waals surface area (Å²) in [6.45, 7) is 9.47. The number of methoxy groups -OCH3 is 1. The largest absolute Gasteiger partial charge is 0.383 e. The summed E-state index contributed by atoms with van der Waals surface area (Å²) in [6.07, 6.45) is 1.11. The molecule has 0 radical (unpaired) electrons. The van der Waals surface area contributed by atoms with Crippen LogP contribution in [-0.4, -0.2) is 26.8 Å². The van der Waals surface area contributed by atoms with E-state index in [0.29, 0.717) is 0 Å². The Morgan fingerprint density at radius 1 is 1.29 bits per heavy atom. The second-order valence-corrected chi connectivity index (χ2v) is 5.50. The maximum Gasteiger partial charge on any atom is 0.0587 e. The maximum atomic E-state index is 5.03. The first-order valence-electron chi connectivity index (χ1n) is 6.29. The van der Waals surface area contributed by atoms with E-state index >= 15 is 0 Å². The van der Waals surface area contributed by atoms with Crippen molar-refractivity contribution in [3.63, 3.8) is 0 Å². The van der Waals surface area contributed by atoms with Crippen molar-refractivity contribution in [3.05, 3.63) is 35.4 Å². The maximum absolute atomic E-state index is 5.03. The molecule has 2 nitrogen and oxygen atoms in total. The number of ether oxygens (including phenoxy) is 1. The van der Waals surface area contributed by atoms with Crippen LogP contribution in [0.15, 0.2) is 24.3 Å². The second kappa shape index (κ2) is 6.77. The molecule has 0 unspecified atom stereocenters. The highest BCUT2D eigenvalue weighted by molar-refractivity contribution is 5.23. The molecule has 96 valence electrons. The Balaban J connectivity index is 2.42. The first-order chi connectivity index (χ1) is 8.03. The molecule has 1 aromatic rings. The standard InChI is InChI=1S/C15H25NO/c1-13-6-5-7-14(10-13)11-15(2,3)12-16-8-9-17-4/h5-7,10,16H,8-9,11-12H2,1-4H3. The van der Waals surface area contributed by atoms with E-state index in [1.807, 2.05) is 0 Å². The highest BCUT2D eigenvalue weighted by Crippen LogP contribution is 2.21. The van der Waals surface area contributed by atoms with Crippen LogP contribution in [-0.2, 0) is 11.2 Å². The van der Waals surface area contributed by atoms with E-state index in [4.69, 9.17) is 4.74 Å². The molecular weight excluding hydrogens is 210 g/mol. The van der Waals surface area contributed by atoms with Gasteiger partial charge in [0.05, 0.1) is 6.61 Å². The molecule has 1 rings (SSSR count). The zero-order valence-electron chi connectivity index (χ0n) is 11.5. The number of rotatable bonds is 7. The molecule has 0 atom stereocenters. The van der Waals surface area contributed by atoms with Crippen molar-refractivity contribution in [2.24, 2.45) is 5.41 Å². The molecule has 0 heterocycles. The van der Waals surface area contributed by atoms with Gasteiger partial charge in [-0.25, -0.2) is 0 Å². The predicted molar refractivity (Wildman–Crippen MR) is 73.4 cm³/mol. The summed E-state index contributed by atoms with van der Waals surface area (Å²) in [5, 5.41) is 3.44. The minimum atomic E-state index is 0.279. The van der Waals surface area contributed by atoms with E-state index in [1.165, 1.54) is 11.1 Å². The van der Waals surface area contributed by atoms with Crippen molar-refractivity contribution in [3.8, 4) is 0 Å². The van der Waals surface area contributed by atoms with Crippen LogP contribution >= 0.6 is 0 Å². The van der Waals surface area contributed by atoms with Gasteiger partial charge < -0.3 is 10.1 Å². The van der Waals surface area contributed by atoms with Crippen molar-refractivity contribution in [2.75, 3.05) is 26.8 Å². The predicted octanol–water partition coefficient (Wildman–Crippen LogP) is 2.80. The average molecular weight is 235 g/mol. The molecular formula is C15H25NO. The van der Waals surface area contributed by atoms with E-state index in [2.05, 4.69) is 50.4 Å². The fourth-order valence-corrected chi connectivity index (χ4v) is 2.04. The van der Waals surface area contributed by atoms with Gasteiger partial charge in [0, 0.05) is 20.2 Å². The number of nitrogens with one attached hydrogen (secondary N) is 1. The molecule has 2 heteroatoms. The Morgan fingerprint density at radius 2 is 2.06 bits per heavy atom. The normalized spacial score (nSPS) is 11.8. The Bertz CT molecular complexity index is 333. The lowest BCUT2D eigenvalue weighted by molar-refractivity contribution is 0.194. The van der Waals surface area contributed by atoms with Gasteiger partial charge in [-0.3, -0.25) is 0 Å². The fraction of sp³-hybridized carbons (Fsp3) is 0.600. The molecule has 0 spiro atoms. The second-order valence-electron chi connectivity index (χ2n) is 5.50. The van der Waals surface area contributed by atoms with Crippen LogP contribution in [0.2, 0.25) is 0 Å². The van der Waals surface area contributed by atoms with E-state index < -0.39 is 0 Å². The molecule has 0 aromatic heterocycles. The topological polar surface area (TPSA) is 21.3 Å². The number of hydrogen-bond acceptors (Lipinski definition) is 2. The molecule has 0 fully saturated rings. The number of hydrogen-bond donors (Lipinski definition) is 1. The van der Waals surface area contributed by atoms with E-state index in [-0.39, 0.29) is 5.41 Å². The molecule has 0 amide bonds. The van der Waals surface area contributed by atoms with Crippen LogP contribution < -0.4 is 5.32 Å². The van der Waals surface area contributed by atoms with Gasteiger partial charge >= 0.3 is 0 Å². The van der Waals surface area contributed by atoms with Crippen LogP contribution in [0.4, 0.5) is 0 Å². The number of aryl methyl sites for hydroxylation is 1.